The van der Waals surface area contributed by atoms with Gasteiger partial charge >= 0.3 is 0 Å². The van der Waals surface area contributed by atoms with Gasteiger partial charge in [-0.1, -0.05) is 12.1 Å². The molecule has 2 aromatic heterocycles. The lowest BCUT2D eigenvalue weighted by Crippen LogP contribution is -2.13. The molecule has 0 saturated carbocycles. The molecule has 0 saturated heterocycles. The lowest BCUT2D eigenvalue weighted by Gasteiger charge is -2.04. The van der Waals surface area contributed by atoms with Crippen LogP contribution < -0.4 is 5.32 Å². The van der Waals surface area contributed by atoms with Crippen LogP contribution in [0.1, 0.15) is 10.4 Å². The summed E-state index contributed by atoms with van der Waals surface area (Å²) in [6, 6.07) is 11.8. The fourth-order valence-corrected chi connectivity index (χ4v) is 1.86. The number of rotatable bonds is 2. The monoisotopic (exact) mass is 253 g/mol. The van der Waals surface area contributed by atoms with Crippen molar-refractivity contribution in [2.75, 3.05) is 5.32 Å². The van der Waals surface area contributed by atoms with Gasteiger partial charge in [0.15, 0.2) is 0 Å². The predicted octanol–water partition coefficient (Wildman–Crippen LogP) is 2.29. The van der Waals surface area contributed by atoms with Crippen molar-refractivity contribution in [1.82, 2.24) is 9.38 Å². The Bertz CT molecular complexity index is 749. The minimum absolute atomic E-state index is 0.0561. The number of imidazole rings is 1. The number of amides is 1. The highest BCUT2D eigenvalue weighted by atomic mass is 16.3. The number of nitrogens with one attached hydrogen (secondary N) is 1. The van der Waals surface area contributed by atoms with Crippen molar-refractivity contribution in [3.8, 4) is 5.75 Å². The number of fused-ring (bicyclic) bond motifs is 1. The highest BCUT2D eigenvalue weighted by molar-refractivity contribution is 6.03. The Labute approximate surface area is 109 Å². The summed E-state index contributed by atoms with van der Waals surface area (Å²) < 4.78 is 1.78. The smallest absolute Gasteiger partial charge is 0.258 e. The van der Waals surface area contributed by atoms with Crippen LogP contribution in [0.25, 0.3) is 5.52 Å². The molecule has 19 heavy (non-hydrogen) atoms. The van der Waals surface area contributed by atoms with Gasteiger partial charge in [0.05, 0.1) is 11.7 Å². The quantitative estimate of drug-likeness (QED) is 0.736. The molecule has 3 rings (SSSR count). The van der Waals surface area contributed by atoms with Gasteiger partial charge in [0.25, 0.3) is 5.91 Å². The number of anilines is 1. The molecule has 0 radical (unpaired) electrons. The van der Waals surface area contributed by atoms with Crippen molar-refractivity contribution in [2.45, 2.75) is 0 Å². The van der Waals surface area contributed by atoms with Gasteiger partial charge < -0.3 is 5.11 Å². The summed E-state index contributed by atoms with van der Waals surface area (Å²) in [5.74, 6) is 0.192. The molecular weight excluding hydrogens is 242 g/mol. The Balaban J connectivity index is 1.91. The first-order valence-electron chi connectivity index (χ1n) is 5.76. The largest absolute Gasteiger partial charge is 0.508 e. The molecule has 0 spiro atoms. The number of phenolic OH excluding ortho intramolecular Hbond substituents is 1. The number of phenols is 1. The van der Waals surface area contributed by atoms with Gasteiger partial charge in [0.2, 0.25) is 5.95 Å². The van der Waals surface area contributed by atoms with E-state index in [4.69, 9.17) is 0 Å². The Morgan fingerprint density at radius 3 is 2.95 bits per heavy atom. The molecule has 94 valence electrons. The molecule has 0 fully saturated rings. The minimum atomic E-state index is -0.313. The first-order valence-corrected chi connectivity index (χ1v) is 5.76. The number of aromatic hydroxyl groups is 1. The molecule has 1 aromatic carbocycles. The Morgan fingerprint density at radius 1 is 1.21 bits per heavy atom. The number of aromatic nitrogens is 2. The molecule has 5 nitrogen and oxygen atoms in total. The average Bonchev–Trinajstić information content (AvgIpc) is 2.82. The van der Waals surface area contributed by atoms with E-state index in [1.54, 1.807) is 22.7 Å². The fourth-order valence-electron chi connectivity index (χ4n) is 1.86. The van der Waals surface area contributed by atoms with Crippen LogP contribution >= 0.6 is 0 Å². The second kappa shape index (κ2) is 4.45. The maximum atomic E-state index is 12.0. The summed E-state index contributed by atoms with van der Waals surface area (Å²) >= 11 is 0. The van der Waals surface area contributed by atoms with E-state index in [9.17, 15) is 9.90 Å². The number of pyridine rings is 1. The summed E-state index contributed by atoms with van der Waals surface area (Å²) in [5.41, 5.74) is 1.28. The molecular formula is C14H11N3O2. The van der Waals surface area contributed by atoms with Crippen LogP contribution in [0.4, 0.5) is 5.95 Å². The third-order valence-corrected chi connectivity index (χ3v) is 2.77. The van der Waals surface area contributed by atoms with Crippen molar-refractivity contribution >= 4 is 17.4 Å². The van der Waals surface area contributed by atoms with Crippen LogP contribution in [0.3, 0.4) is 0 Å². The van der Waals surface area contributed by atoms with E-state index in [1.165, 1.54) is 12.1 Å². The zero-order valence-corrected chi connectivity index (χ0v) is 9.95. The molecule has 0 bridgehead atoms. The summed E-state index contributed by atoms with van der Waals surface area (Å²) in [6.07, 6.45) is 3.50. The van der Waals surface area contributed by atoms with Gasteiger partial charge in [-0.2, -0.15) is 0 Å². The predicted molar refractivity (Wildman–Crippen MR) is 71.3 cm³/mol. The van der Waals surface area contributed by atoms with Crippen LogP contribution in [0.5, 0.6) is 5.75 Å². The van der Waals surface area contributed by atoms with E-state index in [-0.39, 0.29) is 11.7 Å². The topological polar surface area (TPSA) is 66.6 Å². The normalized spacial score (nSPS) is 10.5. The van der Waals surface area contributed by atoms with Crippen molar-refractivity contribution in [1.29, 1.82) is 0 Å². The second-order valence-corrected chi connectivity index (χ2v) is 4.08. The van der Waals surface area contributed by atoms with E-state index in [0.717, 1.165) is 5.52 Å². The summed E-state index contributed by atoms with van der Waals surface area (Å²) in [4.78, 5) is 16.2. The van der Waals surface area contributed by atoms with E-state index in [0.29, 0.717) is 11.5 Å². The molecule has 0 unspecified atom stereocenters. The highest BCUT2D eigenvalue weighted by Gasteiger charge is 2.10. The van der Waals surface area contributed by atoms with Gasteiger partial charge in [-0.3, -0.25) is 14.5 Å². The molecule has 1 amide bonds. The van der Waals surface area contributed by atoms with Gasteiger partial charge in [0, 0.05) is 11.8 Å². The van der Waals surface area contributed by atoms with Crippen molar-refractivity contribution in [3.05, 3.63) is 60.4 Å². The van der Waals surface area contributed by atoms with Crippen LogP contribution in [-0.4, -0.2) is 20.4 Å². The maximum absolute atomic E-state index is 12.0. The van der Waals surface area contributed by atoms with Crippen LogP contribution in [0, 0.1) is 0 Å². The zero-order chi connectivity index (χ0) is 13.2. The number of hydrogen-bond acceptors (Lipinski definition) is 3. The molecule has 0 atom stereocenters. The first-order chi connectivity index (χ1) is 9.24. The van der Waals surface area contributed by atoms with E-state index in [2.05, 4.69) is 10.3 Å². The van der Waals surface area contributed by atoms with Gasteiger partial charge in [0.1, 0.15) is 5.75 Å². The van der Waals surface area contributed by atoms with E-state index >= 15 is 0 Å². The molecule has 0 aliphatic heterocycles. The van der Waals surface area contributed by atoms with Crippen LogP contribution in [-0.2, 0) is 0 Å². The second-order valence-electron chi connectivity index (χ2n) is 4.08. The SMILES string of the molecule is O=C(Nc1ncc2ccccn12)c1cccc(O)c1. The van der Waals surface area contributed by atoms with Crippen molar-refractivity contribution in [3.63, 3.8) is 0 Å². The molecule has 3 aromatic rings. The van der Waals surface area contributed by atoms with E-state index < -0.39 is 0 Å². The van der Waals surface area contributed by atoms with Gasteiger partial charge in [-0.15, -0.1) is 0 Å². The highest BCUT2D eigenvalue weighted by Crippen LogP contribution is 2.14. The van der Waals surface area contributed by atoms with Gasteiger partial charge in [-0.25, -0.2) is 4.98 Å². The summed E-state index contributed by atoms with van der Waals surface area (Å²) in [7, 11) is 0. The van der Waals surface area contributed by atoms with E-state index in [1.807, 2.05) is 24.4 Å². The lowest BCUT2D eigenvalue weighted by atomic mass is 10.2. The lowest BCUT2D eigenvalue weighted by molar-refractivity contribution is 0.102. The van der Waals surface area contributed by atoms with Crippen molar-refractivity contribution in [2.24, 2.45) is 0 Å². The maximum Gasteiger partial charge on any atom is 0.258 e. The van der Waals surface area contributed by atoms with Crippen molar-refractivity contribution < 1.29 is 9.90 Å². The standard InChI is InChI=1S/C14H11N3O2/c18-12-6-3-4-10(8-12)13(19)16-14-15-9-11-5-1-2-7-17(11)14/h1-9,18H,(H,15,16,19). The summed E-state index contributed by atoms with van der Waals surface area (Å²) in [6.45, 7) is 0. The third-order valence-electron chi connectivity index (χ3n) is 2.77. The number of carbonyl (C=O) groups is 1. The Kier molecular flexibility index (Phi) is 2.64. The van der Waals surface area contributed by atoms with Crippen LogP contribution in [0.2, 0.25) is 0 Å². The molecule has 2 N–H and O–H groups in total. The minimum Gasteiger partial charge on any atom is -0.508 e. The molecule has 0 aliphatic rings. The Morgan fingerprint density at radius 2 is 2.11 bits per heavy atom. The molecule has 0 aliphatic carbocycles. The van der Waals surface area contributed by atoms with Crippen LogP contribution in [0.15, 0.2) is 54.9 Å². The Hall–Kier alpha value is -2.82. The summed E-state index contributed by atoms with van der Waals surface area (Å²) in [5, 5.41) is 12.1. The molecule has 2 heterocycles. The number of hydrogen-bond donors (Lipinski definition) is 2. The third kappa shape index (κ3) is 2.13. The number of benzene rings is 1. The average molecular weight is 253 g/mol. The molecule has 5 heteroatoms. The number of nitrogens with zero attached hydrogens (tertiary/aromatic N) is 2. The first kappa shape index (κ1) is 11.3. The van der Waals surface area contributed by atoms with Gasteiger partial charge in [-0.05, 0) is 30.3 Å². The number of carbonyl (C=O) groups excluding carboxylic acids is 1. The fraction of sp³-hybridized carbons (Fsp3) is 0. The zero-order valence-electron chi connectivity index (χ0n) is 9.95.